The number of methoxy groups -OCH3 is 2. The molecule has 182 valence electrons. The van der Waals surface area contributed by atoms with Crippen molar-refractivity contribution in [3.05, 3.63) is 96.3 Å². The van der Waals surface area contributed by atoms with Gasteiger partial charge in [-0.25, -0.2) is 5.01 Å². The second-order valence-corrected chi connectivity index (χ2v) is 9.06. The Balaban J connectivity index is 1.36. The monoisotopic (exact) mass is 499 g/mol. The summed E-state index contributed by atoms with van der Waals surface area (Å²) in [4.78, 5) is 13.5. The van der Waals surface area contributed by atoms with Gasteiger partial charge in [-0.3, -0.25) is 9.36 Å². The van der Waals surface area contributed by atoms with Crippen molar-refractivity contribution in [1.29, 1.82) is 0 Å². The average Bonchev–Trinajstić information content (AvgIpc) is 3.60. The van der Waals surface area contributed by atoms with Gasteiger partial charge in [-0.15, -0.1) is 10.2 Å². The molecule has 0 unspecified atom stereocenters. The predicted molar refractivity (Wildman–Crippen MR) is 139 cm³/mol. The van der Waals surface area contributed by atoms with Crippen LogP contribution in [0.1, 0.15) is 23.6 Å². The van der Waals surface area contributed by atoms with E-state index in [-0.39, 0.29) is 17.7 Å². The quantitative estimate of drug-likeness (QED) is 0.325. The lowest BCUT2D eigenvalue weighted by molar-refractivity contribution is -0.130. The fourth-order valence-electron chi connectivity index (χ4n) is 4.07. The van der Waals surface area contributed by atoms with Crippen LogP contribution in [-0.2, 0) is 4.79 Å². The minimum atomic E-state index is -0.196. The predicted octanol–water partition coefficient (Wildman–Crippen LogP) is 4.75. The van der Waals surface area contributed by atoms with E-state index in [1.54, 1.807) is 25.6 Å². The van der Waals surface area contributed by atoms with Crippen molar-refractivity contribution in [3.8, 4) is 17.2 Å². The molecule has 0 fully saturated rings. The third-order valence-corrected chi connectivity index (χ3v) is 6.89. The van der Waals surface area contributed by atoms with E-state index in [2.05, 4.69) is 10.2 Å². The highest BCUT2D eigenvalue weighted by atomic mass is 32.2. The third-order valence-electron chi connectivity index (χ3n) is 5.97. The van der Waals surface area contributed by atoms with Crippen molar-refractivity contribution in [3.63, 3.8) is 0 Å². The zero-order valence-corrected chi connectivity index (χ0v) is 20.8. The van der Waals surface area contributed by atoms with Crippen LogP contribution in [-0.4, -0.2) is 51.4 Å². The number of benzene rings is 3. The summed E-state index contributed by atoms with van der Waals surface area (Å²) in [7, 11) is 3.27. The third kappa shape index (κ3) is 4.96. The van der Waals surface area contributed by atoms with Crippen LogP contribution in [0.3, 0.4) is 0 Å². The first-order chi connectivity index (χ1) is 17.7. The number of aromatic nitrogens is 3. The highest BCUT2D eigenvalue weighted by Gasteiger charge is 2.33. The minimum Gasteiger partial charge on any atom is -0.497 e. The summed E-state index contributed by atoms with van der Waals surface area (Å²) in [6, 6.07) is 25.1. The molecule has 0 radical (unpaired) electrons. The van der Waals surface area contributed by atoms with E-state index in [9.17, 15) is 4.79 Å². The molecule has 9 heteroatoms. The lowest BCUT2D eigenvalue weighted by atomic mass is 9.98. The van der Waals surface area contributed by atoms with Crippen molar-refractivity contribution in [2.45, 2.75) is 17.6 Å². The molecule has 4 aromatic rings. The fourth-order valence-corrected chi connectivity index (χ4v) is 4.85. The maximum atomic E-state index is 13.5. The van der Waals surface area contributed by atoms with Gasteiger partial charge in [0.15, 0.2) is 5.16 Å². The zero-order chi connectivity index (χ0) is 24.9. The number of ether oxygens (including phenoxy) is 2. The highest BCUT2D eigenvalue weighted by molar-refractivity contribution is 7.99. The number of thioether (sulfide) groups is 1. The van der Waals surface area contributed by atoms with Gasteiger partial charge in [-0.05, 0) is 47.5 Å². The first-order valence-corrected chi connectivity index (χ1v) is 12.4. The van der Waals surface area contributed by atoms with E-state index in [0.29, 0.717) is 11.6 Å². The molecule has 3 aromatic carbocycles. The lowest BCUT2D eigenvalue weighted by Gasteiger charge is -2.22. The highest BCUT2D eigenvalue weighted by Crippen LogP contribution is 2.34. The Morgan fingerprint density at radius 1 is 0.944 bits per heavy atom. The molecule has 0 aliphatic carbocycles. The van der Waals surface area contributed by atoms with Crippen LogP contribution in [0.5, 0.6) is 11.5 Å². The molecule has 8 nitrogen and oxygen atoms in total. The Morgan fingerprint density at radius 3 is 2.28 bits per heavy atom. The summed E-state index contributed by atoms with van der Waals surface area (Å²) in [5.74, 6) is 1.61. The Bertz CT molecular complexity index is 1350. The number of hydrogen-bond donors (Lipinski definition) is 0. The smallest absolute Gasteiger partial charge is 0.253 e. The Kier molecular flexibility index (Phi) is 6.99. The molecule has 0 bridgehead atoms. The molecule has 1 amide bonds. The normalized spacial score (nSPS) is 15.0. The molecule has 1 aromatic heterocycles. The van der Waals surface area contributed by atoms with Crippen LogP contribution in [0.25, 0.3) is 5.69 Å². The van der Waals surface area contributed by atoms with E-state index >= 15 is 0 Å². The van der Waals surface area contributed by atoms with Gasteiger partial charge >= 0.3 is 0 Å². The largest absolute Gasteiger partial charge is 0.497 e. The molecule has 1 aliphatic heterocycles. The molecule has 36 heavy (non-hydrogen) atoms. The zero-order valence-electron chi connectivity index (χ0n) is 19.9. The molecule has 0 saturated carbocycles. The molecular formula is C27H25N5O3S. The maximum absolute atomic E-state index is 13.5. The van der Waals surface area contributed by atoms with Gasteiger partial charge in [0.2, 0.25) is 0 Å². The molecule has 0 spiro atoms. The summed E-state index contributed by atoms with van der Waals surface area (Å²) in [6.07, 6.45) is 2.27. The Morgan fingerprint density at radius 2 is 1.61 bits per heavy atom. The standard InChI is InChI=1S/C27H25N5O3S/c1-34-22-12-8-20(9-13-22)25-16-24(19-6-4-3-5-7-19)30-32(25)26(33)17-36-27-29-28-18-31(27)21-10-14-23(35-2)15-11-21/h3-15,18,25H,16-17H2,1-2H3/t25-/m1/s1. The number of hydrazone groups is 1. The van der Waals surface area contributed by atoms with E-state index in [1.807, 2.05) is 83.4 Å². The molecule has 0 saturated heterocycles. The summed E-state index contributed by atoms with van der Waals surface area (Å²) in [5.41, 5.74) is 3.79. The van der Waals surface area contributed by atoms with Crippen LogP contribution in [0.4, 0.5) is 0 Å². The van der Waals surface area contributed by atoms with Crippen LogP contribution >= 0.6 is 11.8 Å². The van der Waals surface area contributed by atoms with Crippen molar-refractivity contribution in [2.24, 2.45) is 5.10 Å². The first kappa shape index (κ1) is 23.6. The van der Waals surface area contributed by atoms with Crippen molar-refractivity contribution < 1.29 is 14.3 Å². The number of hydrogen-bond acceptors (Lipinski definition) is 7. The Hall–Kier alpha value is -4.11. The summed E-state index contributed by atoms with van der Waals surface area (Å²) in [6.45, 7) is 0. The van der Waals surface area contributed by atoms with Gasteiger partial charge < -0.3 is 9.47 Å². The van der Waals surface area contributed by atoms with Crippen molar-refractivity contribution in [2.75, 3.05) is 20.0 Å². The number of amides is 1. The van der Waals surface area contributed by atoms with Crippen LogP contribution in [0.2, 0.25) is 0 Å². The van der Waals surface area contributed by atoms with E-state index in [1.165, 1.54) is 11.8 Å². The van der Waals surface area contributed by atoms with Crippen molar-refractivity contribution >= 4 is 23.4 Å². The summed E-state index contributed by atoms with van der Waals surface area (Å²) in [5, 5.41) is 15.2. The number of carbonyl (C=O) groups excluding carboxylic acids is 1. The maximum Gasteiger partial charge on any atom is 0.253 e. The van der Waals surface area contributed by atoms with Crippen molar-refractivity contribution in [1.82, 2.24) is 19.8 Å². The molecule has 5 rings (SSSR count). The van der Waals surface area contributed by atoms with E-state index < -0.39 is 0 Å². The second-order valence-electron chi connectivity index (χ2n) is 8.11. The molecule has 2 heterocycles. The molecule has 1 aliphatic rings. The number of rotatable bonds is 8. The second kappa shape index (κ2) is 10.7. The molecule has 0 N–H and O–H groups in total. The average molecular weight is 500 g/mol. The van der Waals surface area contributed by atoms with E-state index in [4.69, 9.17) is 14.6 Å². The lowest BCUT2D eigenvalue weighted by Crippen LogP contribution is -2.28. The minimum absolute atomic E-state index is 0.101. The van der Waals surface area contributed by atoms with Gasteiger partial charge in [0.1, 0.15) is 17.8 Å². The van der Waals surface area contributed by atoms with Crippen LogP contribution < -0.4 is 9.47 Å². The Labute approximate surface area is 213 Å². The van der Waals surface area contributed by atoms with E-state index in [0.717, 1.165) is 34.0 Å². The van der Waals surface area contributed by atoms with Gasteiger partial charge in [0, 0.05) is 12.1 Å². The van der Waals surface area contributed by atoms with Crippen LogP contribution in [0, 0.1) is 0 Å². The summed E-state index contributed by atoms with van der Waals surface area (Å²) >= 11 is 1.33. The molecular weight excluding hydrogens is 474 g/mol. The van der Waals surface area contributed by atoms with Gasteiger partial charge in [-0.2, -0.15) is 5.10 Å². The first-order valence-electron chi connectivity index (χ1n) is 11.4. The van der Waals surface area contributed by atoms with Gasteiger partial charge in [-0.1, -0.05) is 54.2 Å². The van der Waals surface area contributed by atoms with Crippen LogP contribution in [0.15, 0.2) is 95.4 Å². The van der Waals surface area contributed by atoms with Gasteiger partial charge in [0.25, 0.3) is 5.91 Å². The number of nitrogens with zero attached hydrogens (tertiary/aromatic N) is 5. The topological polar surface area (TPSA) is 81.8 Å². The fraction of sp³-hybridized carbons (Fsp3) is 0.185. The SMILES string of the molecule is COc1ccc([C@H]2CC(c3ccccc3)=NN2C(=O)CSc2nncn2-c2ccc(OC)cc2)cc1. The van der Waals surface area contributed by atoms with Gasteiger partial charge in [0.05, 0.1) is 31.7 Å². The number of carbonyl (C=O) groups is 1. The molecule has 1 atom stereocenters. The summed E-state index contributed by atoms with van der Waals surface area (Å²) < 4.78 is 12.4.